The maximum absolute atomic E-state index is 12.4. The molecular weight excluding hydrogens is 966 g/mol. The third-order valence-electron chi connectivity index (χ3n) is 12.0. The Hall–Kier alpha value is -7.76. The molecule has 0 spiro atoms. The number of piperazine rings is 2. The lowest BCUT2D eigenvalue weighted by Crippen LogP contribution is -2.50. The molecule has 8 aromatic rings. The van der Waals surface area contributed by atoms with E-state index in [1.807, 2.05) is 121 Å². The first-order valence-corrected chi connectivity index (χ1v) is 24.8. The molecule has 19 heteroatoms. The number of halogens is 2. The average molecular weight is 1020 g/mol. The lowest BCUT2D eigenvalue weighted by Gasteiger charge is -2.36. The molecule has 17 nitrogen and oxygen atoms in total. The zero-order valence-corrected chi connectivity index (χ0v) is 43.1. The fourth-order valence-corrected chi connectivity index (χ4v) is 8.95. The van der Waals surface area contributed by atoms with E-state index in [-0.39, 0.29) is 12.2 Å². The predicted molar refractivity (Wildman–Crippen MR) is 289 cm³/mol. The molecule has 2 fully saturated rings. The van der Waals surface area contributed by atoms with Crippen LogP contribution >= 0.6 is 23.2 Å². The molecule has 9 heterocycles. The van der Waals surface area contributed by atoms with Crippen molar-refractivity contribution >= 4 is 91.8 Å². The Labute approximate surface area is 434 Å². The molecule has 0 saturated carbocycles. The van der Waals surface area contributed by atoms with Crippen LogP contribution in [-0.2, 0) is 9.47 Å². The maximum Gasteiger partial charge on any atom is 0.410 e. The highest BCUT2D eigenvalue weighted by atomic mass is 35.5. The Balaban J connectivity index is 0.000000182. The SMILES string of the molecule is CC(C)(C)OC(=O)N1CCN(c2ccc(Nc3cc(Cl)c(-c4ccncc4Cl)cn3)nc2)CC1.CC(C)(C)OC(=O)N1CCN(c2ccc(Nc3cc4c(cn3)c3ccncc3n4-c3ccccc3)nc2)CC1. The Morgan fingerprint density at radius 3 is 1.53 bits per heavy atom. The molecule has 7 aromatic heterocycles. The van der Waals surface area contributed by atoms with Crippen molar-refractivity contribution in [2.24, 2.45) is 0 Å². The summed E-state index contributed by atoms with van der Waals surface area (Å²) >= 11 is 12.7. The van der Waals surface area contributed by atoms with E-state index in [1.54, 1.807) is 46.7 Å². The Kier molecular flexibility index (Phi) is 14.8. The van der Waals surface area contributed by atoms with E-state index in [1.165, 1.54) is 0 Å². The van der Waals surface area contributed by atoms with Crippen molar-refractivity contribution in [2.75, 3.05) is 72.8 Å². The van der Waals surface area contributed by atoms with E-state index in [2.05, 4.69) is 67.0 Å². The highest BCUT2D eigenvalue weighted by Crippen LogP contribution is 2.35. The van der Waals surface area contributed by atoms with Crippen LogP contribution in [-0.4, -0.2) is 120 Å². The molecule has 2 amide bonds. The standard InChI is InChI=1S/C30H31N7O2.C24H26Cl2N6O2/c1-30(2,3)39-29(38)36-15-13-35(14-16-36)22-9-10-27(32-18-22)34-28-17-25-24(19-33-28)23-11-12-31-20-26(23)37(25)21-7-5-4-6-8-21;1-24(2,3)34-23(33)32-10-8-31(9-11-32)16-4-5-21(28-13-16)30-22-12-19(25)18(14-29-22)17-6-7-27-15-20(17)26/h4-12,17-20H,13-16H2,1-3H3,(H,32,33,34);4-7,12-15H,8-11H2,1-3H3,(H,28,29,30). The summed E-state index contributed by atoms with van der Waals surface area (Å²) in [5.41, 5.74) is 5.67. The van der Waals surface area contributed by atoms with Crippen LogP contribution in [0.2, 0.25) is 10.0 Å². The Bertz CT molecular complexity index is 3200. The molecule has 376 valence electrons. The zero-order chi connectivity index (χ0) is 51.3. The largest absolute Gasteiger partial charge is 0.444 e. The summed E-state index contributed by atoms with van der Waals surface area (Å²) in [6.45, 7) is 16.6. The number of anilines is 6. The van der Waals surface area contributed by atoms with Gasteiger partial charge in [0, 0.05) is 123 Å². The first kappa shape index (κ1) is 50.2. The van der Waals surface area contributed by atoms with Crippen molar-refractivity contribution in [2.45, 2.75) is 52.7 Å². The van der Waals surface area contributed by atoms with Crippen LogP contribution in [0.5, 0.6) is 0 Å². The number of nitrogens with one attached hydrogen (secondary N) is 2. The summed E-state index contributed by atoms with van der Waals surface area (Å²) in [4.78, 5) is 59.2. The van der Waals surface area contributed by atoms with Crippen LogP contribution in [0, 0.1) is 0 Å². The predicted octanol–water partition coefficient (Wildman–Crippen LogP) is 11.4. The molecule has 2 aliphatic heterocycles. The molecule has 1 aromatic carbocycles. The highest BCUT2D eigenvalue weighted by Gasteiger charge is 2.28. The second-order valence-electron chi connectivity index (χ2n) is 19.5. The second kappa shape index (κ2) is 21.5. The number of fused-ring (bicyclic) bond motifs is 3. The number of carbonyl (C=O) groups excluding carboxylic acids is 2. The number of amides is 2. The summed E-state index contributed by atoms with van der Waals surface area (Å²) in [5.74, 6) is 2.64. The van der Waals surface area contributed by atoms with Crippen LogP contribution in [0.3, 0.4) is 0 Å². The molecule has 0 radical (unpaired) electrons. The van der Waals surface area contributed by atoms with Gasteiger partial charge in [-0.1, -0.05) is 41.4 Å². The number of rotatable bonds is 8. The summed E-state index contributed by atoms with van der Waals surface area (Å²) in [6, 6.07) is 25.8. The molecule has 2 saturated heterocycles. The van der Waals surface area contributed by atoms with Crippen LogP contribution in [0.25, 0.3) is 38.6 Å². The minimum atomic E-state index is -0.494. The third-order valence-corrected chi connectivity index (χ3v) is 12.6. The van der Waals surface area contributed by atoms with Gasteiger partial charge in [0.2, 0.25) is 0 Å². The summed E-state index contributed by atoms with van der Waals surface area (Å²) in [7, 11) is 0. The van der Waals surface area contributed by atoms with E-state index in [0.29, 0.717) is 72.6 Å². The molecule has 73 heavy (non-hydrogen) atoms. The number of pyridine rings is 6. The number of carbonyl (C=O) groups is 2. The number of benzene rings is 1. The van der Waals surface area contributed by atoms with E-state index in [9.17, 15) is 9.59 Å². The number of para-hydroxylation sites is 1. The summed E-state index contributed by atoms with van der Waals surface area (Å²) < 4.78 is 13.2. The smallest absolute Gasteiger partial charge is 0.410 e. The van der Waals surface area contributed by atoms with Gasteiger partial charge < -0.3 is 44.3 Å². The lowest BCUT2D eigenvalue weighted by molar-refractivity contribution is 0.0230. The molecule has 0 unspecified atom stereocenters. The van der Waals surface area contributed by atoms with Gasteiger partial charge in [0.05, 0.1) is 51.0 Å². The first-order valence-electron chi connectivity index (χ1n) is 24.0. The fourth-order valence-electron chi connectivity index (χ4n) is 8.48. The van der Waals surface area contributed by atoms with Gasteiger partial charge >= 0.3 is 12.2 Å². The highest BCUT2D eigenvalue weighted by molar-refractivity contribution is 6.36. The van der Waals surface area contributed by atoms with Gasteiger partial charge in [0.1, 0.15) is 34.5 Å². The average Bonchev–Trinajstić information content (AvgIpc) is 3.71. The van der Waals surface area contributed by atoms with E-state index >= 15 is 0 Å². The van der Waals surface area contributed by atoms with Crippen LogP contribution < -0.4 is 20.4 Å². The van der Waals surface area contributed by atoms with Crippen LogP contribution in [0.4, 0.5) is 44.2 Å². The fraction of sp³-hybridized carbons (Fsp3) is 0.296. The quantitative estimate of drug-likeness (QED) is 0.147. The molecule has 10 rings (SSSR count). The molecule has 0 atom stereocenters. The third kappa shape index (κ3) is 12.3. The van der Waals surface area contributed by atoms with E-state index in [4.69, 9.17) is 32.7 Å². The van der Waals surface area contributed by atoms with E-state index < -0.39 is 11.2 Å². The zero-order valence-electron chi connectivity index (χ0n) is 41.6. The topological polar surface area (TPSA) is 172 Å². The van der Waals surface area contributed by atoms with Crippen molar-refractivity contribution in [3.8, 4) is 16.8 Å². The Morgan fingerprint density at radius 1 is 0.493 bits per heavy atom. The number of aromatic nitrogens is 7. The molecule has 2 aliphatic rings. The van der Waals surface area contributed by atoms with Crippen LogP contribution in [0.15, 0.2) is 128 Å². The van der Waals surface area contributed by atoms with Crippen molar-refractivity contribution in [1.29, 1.82) is 0 Å². The Morgan fingerprint density at radius 2 is 1.01 bits per heavy atom. The van der Waals surface area contributed by atoms with Crippen molar-refractivity contribution in [3.05, 3.63) is 138 Å². The normalized spacial score (nSPS) is 14.1. The molecular formula is C54H57Cl2N13O4. The monoisotopic (exact) mass is 1020 g/mol. The number of nitrogens with zero attached hydrogens (tertiary/aromatic N) is 11. The van der Waals surface area contributed by atoms with Gasteiger partial charge in [-0.3, -0.25) is 9.97 Å². The molecule has 0 bridgehead atoms. The minimum absolute atomic E-state index is 0.258. The lowest BCUT2D eigenvalue weighted by atomic mass is 10.1. The van der Waals surface area contributed by atoms with Gasteiger partial charge in [-0.15, -0.1) is 0 Å². The maximum atomic E-state index is 12.4. The molecule has 2 N–H and O–H groups in total. The van der Waals surface area contributed by atoms with Gasteiger partial charge in [-0.05, 0) is 90.1 Å². The number of ether oxygens (including phenoxy) is 2. The molecule has 0 aliphatic carbocycles. The number of hydrogen-bond acceptors (Lipinski definition) is 14. The van der Waals surface area contributed by atoms with Gasteiger partial charge in [0.25, 0.3) is 0 Å². The second-order valence-corrected chi connectivity index (χ2v) is 20.3. The van der Waals surface area contributed by atoms with Crippen molar-refractivity contribution in [3.63, 3.8) is 0 Å². The van der Waals surface area contributed by atoms with Gasteiger partial charge in [-0.25, -0.2) is 29.5 Å². The van der Waals surface area contributed by atoms with Crippen LogP contribution in [0.1, 0.15) is 41.5 Å². The van der Waals surface area contributed by atoms with Crippen molar-refractivity contribution in [1.82, 2.24) is 44.3 Å². The first-order chi connectivity index (χ1) is 35.0. The van der Waals surface area contributed by atoms with Crippen molar-refractivity contribution < 1.29 is 19.1 Å². The van der Waals surface area contributed by atoms with Gasteiger partial charge in [-0.2, -0.15) is 0 Å². The van der Waals surface area contributed by atoms with E-state index in [0.717, 1.165) is 63.1 Å². The summed E-state index contributed by atoms with van der Waals surface area (Å²) in [5, 5.41) is 9.73. The number of hydrogen-bond donors (Lipinski definition) is 2. The minimum Gasteiger partial charge on any atom is -0.444 e. The summed E-state index contributed by atoms with van der Waals surface area (Å²) in [6.07, 6.45) is 13.6. The van der Waals surface area contributed by atoms with Gasteiger partial charge in [0.15, 0.2) is 0 Å².